The lowest BCUT2D eigenvalue weighted by Gasteiger charge is -2.16. The fourth-order valence-electron chi connectivity index (χ4n) is 2.78. The van der Waals surface area contributed by atoms with Gasteiger partial charge in [-0.3, -0.25) is 0 Å². The van der Waals surface area contributed by atoms with Crippen molar-refractivity contribution in [2.75, 3.05) is 19.1 Å². The average Bonchev–Trinajstić information content (AvgIpc) is 3.25. The molecule has 1 atom stereocenters. The molecule has 0 amide bonds. The Hall–Kier alpha value is -2.51. The van der Waals surface area contributed by atoms with Crippen LogP contribution in [0.4, 0.5) is 5.82 Å². The van der Waals surface area contributed by atoms with Crippen LogP contribution < -0.4 is 4.90 Å². The van der Waals surface area contributed by atoms with E-state index in [4.69, 9.17) is 9.15 Å². The summed E-state index contributed by atoms with van der Waals surface area (Å²) in [5.74, 6) is 0.760. The first-order chi connectivity index (χ1) is 12.2. The molecular weight excluding hydrogens is 336 g/mol. The van der Waals surface area contributed by atoms with E-state index in [0.29, 0.717) is 12.1 Å². The molecule has 128 valence electrons. The SMILES string of the molecule is COC(C)c1nc(CN(C)c2ncnc3c2oc2ccccc23)cs1. The molecule has 6 nitrogen and oxygen atoms in total. The van der Waals surface area contributed by atoms with Crippen molar-refractivity contribution in [3.05, 3.63) is 46.7 Å². The van der Waals surface area contributed by atoms with Crippen molar-refractivity contribution < 1.29 is 9.15 Å². The highest BCUT2D eigenvalue weighted by atomic mass is 32.1. The van der Waals surface area contributed by atoms with Gasteiger partial charge in [0.2, 0.25) is 0 Å². The van der Waals surface area contributed by atoms with Crippen molar-refractivity contribution in [2.45, 2.75) is 19.6 Å². The predicted molar refractivity (Wildman–Crippen MR) is 99.0 cm³/mol. The van der Waals surface area contributed by atoms with Crippen molar-refractivity contribution in [1.82, 2.24) is 15.0 Å². The second-order valence-electron chi connectivity index (χ2n) is 5.88. The Bertz CT molecular complexity index is 1030. The van der Waals surface area contributed by atoms with E-state index in [1.54, 1.807) is 24.8 Å². The number of rotatable bonds is 5. The molecule has 0 spiro atoms. The van der Waals surface area contributed by atoms with Gasteiger partial charge in [-0.2, -0.15) is 0 Å². The number of nitrogens with zero attached hydrogens (tertiary/aromatic N) is 4. The van der Waals surface area contributed by atoms with Crippen molar-refractivity contribution in [3.63, 3.8) is 0 Å². The molecule has 0 saturated carbocycles. The van der Waals surface area contributed by atoms with E-state index < -0.39 is 0 Å². The Kier molecular flexibility index (Phi) is 4.10. The highest BCUT2D eigenvalue weighted by molar-refractivity contribution is 7.09. The van der Waals surface area contributed by atoms with Crippen LogP contribution in [0.3, 0.4) is 0 Å². The summed E-state index contributed by atoms with van der Waals surface area (Å²) >= 11 is 1.61. The summed E-state index contributed by atoms with van der Waals surface area (Å²) < 4.78 is 11.3. The van der Waals surface area contributed by atoms with Gasteiger partial charge in [0.1, 0.15) is 28.5 Å². The van der Waals surface area contributed by atoms with Crippen LogP contribution in [-0.2, 0) is 11.3 Å². The Morgan fingerprint density at radius 2 is 2.12 bits per heavy atom. The number of anilines is 1. The minimum atomic E-state index is 0.00480. The van der Waals surface area contributed by atoms with Crippen LogP contribution in [0.25, 0.3) is 22.1 Å². The Morgan fingerprint density at radius 1 is 1.28 bits per heavy atom. The maximum Gasteiger partial charge on any atom is 0.196 e. The molecule has 3 aromatic heterocycles. The van der Waals surface area contributed by atoms with E-state index in [1.807, 2.05) is 43.1 Å². The van der Waals surface area contributed by atoms with Crippen molar-refractivity contribution in [3.8, 4) is 0 Å². The lowest BCUT2D eigenvalue weighted by atomic mass is 10.2. The summed E-state index contributed by atoms with van der Waals surface area (Å²) in [5.41, 5.74) is 3.33. The number of fused-ring (bicyclic) bond motifs is 3. The second kappa shape index (κ2) is 6.42. The number of benzene rings is 1. The summed E-state index contributed by atoms with van der Waals surface area (Å²) in [6.07, 6.45) is 1.58. The third-order valence-electron chi connectivity index (χ3n) is 4.17. The molecule has 4 rings (SSSR count). The molecule has 0 saturated heterocycles. The van der Waals surface area contributed by atoms with Crippen LogP contribution in [-0.4, -0.2) is 29.1 Å². The first kappa shape index (κ1) is 16.0. The van der Waals surface area contributed by atoms with Crippen LogP contribution in [0, 0.1) is 0 Å². The molecule has 0 aliphatic rings. The molecule has 7 heteroatoms. The Labute approximate surface area is 149 Å². The van der Waals surface area contributed by atoms with E-state index >= 15 is 0 Å². The number of aromatic nitrogens is 3. The third kappa shape index (κ3) is 2.85. The molecule has 0 N–H and O–H groups in total. The van der Waals surface area contributed by atoms with Gasteiger partial charge < -0.3 is 14.1 Å². The van der Waals surface area contributed by atoms with Crippen LogP contribution in [0.5, 0.6) is 0 Å². The van der Waals surface area contributed by atoms with Gasteiger partial charge in [-0.15, -0.1) is 11.3 Å². The fraction of sp³-hybridized carbons (Fsp3) is 0.278. The monoisotopic (exact) mass is 354 g/mol. The fourth-order valence-corrected chi connectivity index (χ4v) is 3.63. The Morgan fingerprint density at radius 3 is 2.96 bits per heavy atom. The van der Waals surface area contributed by atoms with Gasteiger partial charge in [-0.05, 0) is 19.1 Å². The van der Waals surface area contributed by atoms with E-state index in [0.717, 1.165) is 33.0 Å². The van der Waals surface area contributed by atoms with Crippen LogP contribution in [0.2, 0.25) is 0 Å². The third-order valence-corrected chi connectivity index (χ3v) is 5.23. The summed E-state index contributed by atoms with van der Waals surface area (Å²) in [4.78, 5) is 15.5. The van der Waals surface area contributed by atoms with Crippen LogP contribution >= 0.6 is 11.3 Å². The summed E-state index contributed by atoms with van der Waals surface area (Å²) in [6.45, 7) is 2.63. The lowest BCUT2D eigenvalue weighted by molar-refractivity contribution is 0.119. The van der Waals surface area contributed by atoms with Gasteiger partial charge in [0, 0.05) is 24.9 Å². The van der Waals surface area contributed by atoms with E-state index in [1.165, 1.54) is 0 Å². The maximum atomic E-state index is 6.00. The summed E-state index contributed by atoms with van der Waals surface area (Å²) in [6, 6.07) is 7.89. The molecule has 0 fully saturated rings. The number of thiazole rings is 1. The lowest BCUT2D eigenvalue weighted by Crippen LogP contribution is -2.18. The number of methoxy groups -OCH3 is 1. The molecular formula is C18H18N4O2S. The summed E-state index contributed by atoms with van der Waals surface area (Å²) in [5, 5.41) is 4.03. The Balaban J connectivity index is 1.68. The molecule has 25 heavy (non-hydrogen) atoms. The molecule has 0 bridgehead atoms. The zero-order valence-corrected chi connectivity index (χ0v) is 15.1. The molecule has 4 aromatic rings. The van der Waals surface area contributed by atoms with E-state index in [9.17, 15) is 0 Å². The number of ether oxygens (including phenoxy) is 1. The summed E-state index contributed by atoms with van der Waals surface area (Å²) in [7, 11) is 3.67. The average molecular weight is 354 g/mol. The van der Waals surface area contributed by atoms with Crippen LogP contribution in [0.15, 0.2) is 40.4 Å². The minimum Gasteiger partial charge on any atom is -0.450 e. The van der Waals surface area contributed by atoms with Crippen molar-refractivity contribution >= 4 is 39.2 Å². The second-order valence-corrected chi connectivity index (χ2v) is 6.77. The van der Waals surface area contributed by atoms with Gasteiger partial charge in [0.25, 0.3) is 0 Å². The van der Waals surface area contributed by atoms with Crippen molar-refractivity contribution in [1.29, 1.82) is 0 Å². The minimum absolute atomic E-state index is 0.00480. The molecule has 0 aliphatic carbocycles. The van der Waals surface area contributed by atoms with Gasteiger partial charge >= 0.3 is 0 Å². The number of para-hydroxylation sites is 1. The smallest absolute Gasteiger partial charge is 0.196 e. The number of hydrogen-bond acceptors (Lipinski definition) is 7. The van der Waals surface area contributed by atoms with Crippen molar-refractivity contribution in [2.24, 2.45) is 0 Å². The molecule has 0 radical (unpaired) electrons. The maximum absolute atomic E-state index is 6.00. The standard InChI is InChI=1S/C18H18N4O2S/c1-11(23-3)18-21-12(9-25-18)8-22(2)17-16-15(19-10-20-17)13-6-4-5-7-14(13)24-16/h4-7,9-11H,8H2,1-3H3. The first-order valence-corrected chi connectivity index (χ1v) is 8.86. The quantitative estimate of drug-likeness (QED) is 0.536. The zero-order valence-electron chi connectivity index (χ0n) is 14.3. The molecule has 1 unspecified atom stereocenters. The molecule has 3 heterocycles. The zero-order chi connectivity index (χ0) is 17.4. The predicted octanol–water partition coefficient (Wildman–Crippen LogP) is 4.18. The van der Waals surface area contributed by atoms with Gasteiger partial charge in [0.15, 0.2) is 11.4 Å². The number of hydrogen-bond donors (Lipinski definition) is 0. The van der Waals surface area contributed by atoms with Gasteiger partial charge in [-0.25, -0.2) is 15.0 Å². The van der Waals surface area contributed by atoms with Crippen LogP contribution in [0.1, 0.15) is 23.7 Å². The highest BCUT2D eigenvalue weighted by Crippen LogP contribution is 2.32. The normalized spacial score (nSPS) is 12.8. The highest BCUT2D eigenvalue weighted by Gasteiger charge is 2.17. The van der Waals surface area contributed by atoms with E-state index in [2.05, 4.69) is 20.3 Å². The number of furan rings is 1. The van der Waals surface area contributed by atoms with Gasteiger partial charge in [0.05, 0.1) is 12.2 Å². The van der Waals surface area contributed by atoms with E-state index in [-0.39, 0.29) is 6.10 Å². The molecule has 0 aliphatic heterocycles. The largest absolute Gasteiger partial charge is 0.450 e. The molecule has 1 aromatic carbocycles. The van der Waals surface area contributed by atoms with Gasteiger partial charge in [-0.1, -0.05) is 12.1 Å². The first-order valence-electron chi connectivity index (χ1n) is 7.98. The topological polar surface area (TPSA) is 64.3 Å².